The van der Waals surface area contributed by atoms with Gasteiger partial charge < -0.3 is 9.64 Å². The molecule has 0 spiro atoms. The predicted molar refractivity (Wildman–Crippen MR) is 67.4 cm³/mol. The average Bonchev–Trinajstić information content (AvgIpc) is 2.23. The number of likely N-dealkylation sites (tertiary alicyclic amines) is 1. The number of nitrogens with zero attached hydrogens (tertiary/aromatic N) is 2. The van der Waals surface area contributed by atoms with Crippen molar-refractivity contribution in [1.29, 1.82) is 0 Å². The molecular weight excluding hydrogens is 313 g/mol. The highest BCUT2D eigenvalue weighted by Crippen LogP contribution is 2.23. The molecule has 2 aliphatic rings. The second-order valence-corrected chi connectivity index (χ2v) is 7.70. The Hall–Kier alpha value is -0.870. The molecule has 2 aliphatic heterocycles. The number of sulfone groups is 1. The van der Waals surface area contributed by atoms with Crippen molar-refractivity contribution in [3.05, 3.63) is 0 Å². The van der Waals surface area contributed by atoms with Crippen molar-refractivity contribution < 1.29 is 31.1 Å². The standard InChI is InChI=1S/C11H17F3N2O4S/c1-21(18,19)8-4-16(5-8)10(17)9-6-20-3-2-15(9)7-11(12,13)14/h8-9H,2-7H2,1H3. The molecule has 0 aromatic carbocycles. The van der Waals surface area contributed by atoms with Crippen LogP contribution >= 0.6 is 0 Å². The largest absolute Gasteiger partial charge is 0.401 e. The highest BCUT2D eigenvalue weighted by molar-refractivity contribution is 7.91. The number of alkyl halides is 3. The number of halogens is 3. The Kier molecular flexibility index (Phi) is 4.50. The maximum absolute atomic E-state index is 12.5. The fourth-order valence-corrected chi connectivity index (χ4v) is 3.29. The molecule has 2 heterocycles. The summed E-state index contributed by atoms with van der Waals surface area (Å²) in [7, 11) is -3.22. The fourth-order valence-electron chi connectivity index (χ4n) is 2.38. The van der Waals surface area contributed by atoms with Gasteiger partial charge in [0.2, 0.25) is 5.91 Å². The first kappa shape index (κ1) is 16.5. The summed E-state index contributed by atoms with van der Waals surface area (Å²) in [5.74, 6) is -0.501. The van der Waals surface area contributed by atoms with Crippen molar-refractivity contribution in [3.63, 3.8) is 0 Å². The smallest absolute Gasteiger partial charge is 0.378 e. The van der Waals surface area contributed by atoms with Crippen molar-refractivity contribution >= 4 is 15.7 Å². The van der Waals surface area contributed by atoms with Gasteiger partial charge in [0.15, 0.2) is 9.84 Å². The zero-order valence-electron chi connectivity index (χ0n) is 11.5. The van der Waals surface area contributed by atoms with E-state index in [1.165, 1.54) is 4.90 Å². The summed E-state index contributed by atoms with van der Waals surface area (Å²) in [5.41, 5.74) is 0. The van der Waals surface area contributed by atoms with Crippen LogP contribution in [0.2, 0.25) is 0 Å². The van der Waals surface area contributed by atoms with E-state index >= 15 is 0 Å². The summed E-state index contributed by atoms with van der Waals surface area (Å²) < 4.78 is 65.2. The molecule has 0 N–H and O–H groups in total. The molecule has 122 valence electrons. The number of hydrogen-bond acceptors (Lipinski definition) is 5. The van der Waals surface area contributed by atoms with Crippen LogP contribution < -0.4 is 0 Å². The minimum atomic E-state index is -4.39. The third-order valence-corrected chi connectivity index (χ3v) is 5.18. The van der Waals surface area contributed by atoms with Crippen LogP contribution in [0.1, 0.15) is 0 Å². The van der Waals surface area contributed by atoms with Crippen LogP contribution in [0.3, 0.4) is 0 Å². The second-order valence-electron chi connectivity index (χ2n) is 5.37. The third-order valence-electron chi connectivity index (χ3n) is 3.67. The summed E-state index contributed by atoms with van der Waals surface area (Å²) in [6, 6.07) is -0.999. The van der Waals surface area contributed by atoms with Gasteiger partial charge in [-0.3, -0.25) is 9.69 Å². The molecule has 0 saturated carbocycles. The Morgan fingerprint density at radius 3 is 2.48 bits per heavy atom. The molecule has 2 saturated heterocycles. The summed E-state index contributed by atoms with van der Waals surface area (Å²) in [4.78, 5) is 14.5. The number of ether oxygens (including phenoxy) is 1. The summed E-state index contributed by atoms with van der Waals surface area (Å²) in [6.07, 6.45) is -3.31. The van der Waals surface area contributed by atoms with Crippen LogP contribution in [0.25, 0.3) is 0 Å². The summed E-state index contributed by atoms with van der Waals surface area (Å²) in [5, 5.41) is -0.623. The minimum absolute atomic E-state index is 0.0270. The normalized spacial score (nSPS) is 25.7. The number of amides is 1. The number of carbonyl (C=O) groups is 1. The lowest BCUT2D eigenvalue weighted by Gasteiger charge is -2.43. The molecule has 10 heteroatoms. The van der Waals surface area contributed by atoms with Gasteiger partial charge in [0.05, 0.1) is 25.0 Å². The van der Waals surface area contributed by atoms with E-state index in [-0.39, 0.29) is 32.8 Å². The Labute approximate surface area is 120 Å². The first-order chi connectivity index (χ1) is 9.58. The van der Waals surface area contributed by atoms with Gasteiger partial charge in [-0.25, -0.2) is 8.42 Å². The van der Waals surface area contributed by atoms with Gasteiger partial charge in [0.25, 0.3) is 0 Å². The molecular formula is C11H17F3N2O4S. The van der Waals surface area contributed by atoms with Crippen LogP contribution in [-0.4, -0.2) is 87.2 Å². The summed E-state index contributed by atoms with van der Waals surface area (Å²) in [6.45, 7) is -1.03. The van der Waals surface area contributed by atoms with Crippen molar-refractivity contribution in [3.8, 4) is 0 Å². The molecule has 0 radical (unpaired) electrons. The number of rotatable bonds is 3. The van der Waals surface area contributed by atoms with Crippen molar-refractivity contribution in [2.24, 2.45) is 0 Å². The topological polar surface area (TPSA) is 66.9 Å². The Morgan fingerprint density at radius 2 is 1.95 bits per heavy atom. The van der Waals surface area contributed by atoms with E-state index in [9.17, 15) is 26.4 Å². The van der Waals surface area contributed by atoms with Gasteiger partial charge in [-0.15, -0.1) is 0 Å². The molecule has 1 amide bonds. The monoisotopic (exact) mass is 330 g/mol. The Bertz CT molecular complexity index is 502. The zero-order chi connectivity index (χ0) is 15.8. The molecule has 2 rings (SSSR count). The van der Waals surface area contributed by atoms with E-state index in [1.807, 2.05) is 0 Å². The van der Waals surface area contributed by atoms with Gasteiger partial charge in [-0.1, -0.05) is 0 Å². The maximum Gasteiger partial charge on any atom is 0.401 e. The quantitative estimate of drug-likeness (QED) is 0.698. The lowest BCUT2D eigenvalue weighted by Crippen LogP contribution is -2.63. The predicted octanol–water partition coefficient (Wildman–Crippen LogP) is -0.495. The minimum Gasteiger partial charge on any atom is -0.378 e. The van der Waals surface area contributed by atoms with Crippen molar-refractivity contribution in [2.75, 3.05) is 45.6 Å². The van der Waals surface area contributed by atoms with Crippen LogP contribution in [-0.2, 0) is 19.4 Å². The SMILES string of the molecule is CS(=O)(=O)C1CN(C(=O)C2COCCN2CC(F)(F)F)C1. The van der Waals surface area contributed by atoms with Gasteiger partial charge >= 0.3 is 6.18 Å². The van der Waals surface area contributed by atoms with Crippen LogP contribution in [0.5, 0.6) is 0 Å². The van der Waals surface area contributed by atoms with E-state index in [2.05, 4.69) is 0 Å². The fraction of sp³-hybridized carbons (Fsp3) is 0.909. The molecule has 0 bridgehead atoms. The van der Waals surface area contributed by atoms with E-state index in [1.54, 1.807) is 0 Å². The Balaban J connectivity index is 1.97. The molecule has 1 atom stereocenters. The molecule has 0 aromatic heterocycles. The van der Waals surface area contributed by atoms with Crippen LogP contribution in [0.4, 0.5) is 13.2 Å². The van der Waals surface area contributed by atoms with Crippen LogP contribution in [0.15, 0.2) is 0 Å². The zero-order valence-corrected chi connectivity index (χ0v) is 12.3. The highest BCUT2D eigenvalue weighted by Gasteiger charge is 2.44. The first-order valence-electron chi connectivity index (χ1n) is 6.44. The third kappa shape index (κ3) is 4.07. The highest BCUT2D eigenvalue weighted by atomic mass is 32.2. The van der Waals surface area contributed by atoms with Gasteiger partial charge in [-0.05, 0) is 0 Å². The number of morpholine rings is 1. The van der Waals surface area contributed by atoms with Crippen molar-refractivity contribution in [2.45, 2.75) is 17.5 Å². The molecule has 1 unspecified atom stereocenters. The molecule has 0 aromatic rings. The molecule has 6 nitrogen and oxygen atoms in total. The van der Waals surface area contributed by atoms with Gasteiger partial charge in [0, 0.05) is 25.9 Å². The Morgan fingerprint density at radius 1 is 1.33 bits per heavy atom. The first-order valence-corrected chi connectivity index (χ1v) is 8.39. The van der Waals surface area contributed by atoms with E-state index in [0.717, 1.165) is 11.2 Å². The van der Waals surface area contributed by atoms with E-state index in [0.29, 0.717) is 0 Å². The van der Waals surface area contributed by atoms with E-state index in [4.69, 9.17) is 4.74 Å². The van der Waals surface area contributed by atoms with Gasteiger partial charge in [0.1, 0.15) is 6.04 Å². The maximum atomic E-state index is 12.5. The summed E-state index contributed by atoms with van der Waals surface area (Å²) >= 11 is 0. The molecule has 2 fully saturated rings. The number of hydrogen-bond donors (Lipinski definition) is 0. The number of carbonyl (C=O) groups excluding carboxylic acids is 1. The van der Waals surface area contributed by atoms with Crippen LogP contribution in [0, 0.1) is 0 Å². The van der Waals surface area contributed by atoms with Crippen molar-refractivity contribution in [1.82, 2.24) is 9.80 Å². The second kappa shape index (κ2) is 5.73. The molecule has 21 heavy (non-hydrogen) atoms. The lowest BCUT2D eigenvalue weighted by atomic mass is 10.1. The van der Waals surface area contributed by atoms with E-state index < -0.39 is 39.8 Å². The van der Waals surface area contributed by atoms with Gasteiger partial charge in [-0.2, -0.15) is 13.2 Å². The lowest BCUT2D eigenvalue weighted by molar-refractivity contribution is -0.171. The molecule has 0 aliphatic carbocycles. The average molecular weight is 330 g/mol.